The number of rotatable bonds is 7. The minimum absolute atomic E-state index is 0.443. The molecule has 0 saturated heterocycles. The number of sulfonamides is 1. The number of hydrogen-bond acceptors (Lipinski definition) is 4. The van der Waals surface area contributed by atoms with E-state index in [-0.39, 0.29) is 0 Å². The summed E-state index contributed by atoms with van der Waals surface area (Å²) in [4.78, 5) is 1.07. The number of nitrogens with one attached hydrogen (secondary N) is 2. The molecule has 118 valence electrons. The molecule has 4 nitrogen and oxygen atoms in total. The van der Waals surface area contributed by atoms with Gasteiger partial charge in [0.15, 0.2) is 0 Å². The van der Waals surface area contributed by atoms with E-state index in [2.05, 4.69) is 10.0 Å². The molecule has 2 aliphatic carbocycles. The third-order valence-electron chi connectivity index (χ3n) is 4.87. The van der Waals surface area contributed by atoms with Crippen molar-refractivity contribution < 1.29 is 8.42 Å². The SMILES string of the molecule is CCNCc1ccc(S(=O)(=O)NCC2CC3CCC2C3)s1. The highest BCUT2D eigenvalue weighted by atomic mass is 32.2. The first kappa shape index (κ1) is 15.5. The van der Waals surface area contributed by atoms with Crippen LogP contribution in [0, 0.1) is 17.8 Å². The van der Waals surface area contributed by atoms with E-state index in [0.29, 0.717) is 16.7 Å². The maximum Gasteiger partial charge on any atom is 0.250 e. The summed E-state index contributed by atoms with van der Waals surface area (Å²) in [6.07, 6.45) is 5.18. The Balaban J connectivity index is 1.57. The van der Waals surface area contributed by atoms with Crippen LogP contribution in [0.2, 0.25) is 0 Å². The first-order valence-corrected chi connectivity index (χ1v) is 10.2. The molecule has 2 bridgehead atoms. The molecular formula is C15H24N2O2S2. The monoisotopic (exact) mass is 328 g/mol. The molecule has 3 unspecified atom stereocenters. The Labute approximate surface area is 131 Å². The van der Waals surface area contributed by atoms with Crippen molar-refractivity contribution in [3.8, 4) is 0 Å². The van der Waals surface area contributed by atoms with Crippen LogP contribution in [-0.2, 0) is 16.6 Å². The Morgan fingerprint density at radius 1 is 1.29 bits per heavy atom. The second kappa shape index (κ2) is 6.36. The predicted octanol–water partition coefficient (Wildman–Crippen LogP) is 2.57. The van der Waals surface area contributed by atoms with Gasteiger partial charge in [-0.2, -0.15) is 0 Å². The molecule has 1 heterocycles. The topological polar surface area (TPSA) is 58.2 Å². The molecule has 2 N–H and O–H groups in total. The van der Waals surface area contributed by atoms with E-state index in [0.717, 1.165) is 29.8 Å². The Morgan fingerprint density at radius 2 is 2.14 bits per heavy atom. The van der Waals surface area contributed by atoms with E-state index < -0.39 is 10.0 Å². The molecule has 0 spiro atoms. The lowest BCUT2D eigenvalue weighted by Gasteiger charge is -2.21. The van der Waals surface area contributed by atoms with Crippen molar-refractivity contribution in [2.75, 3.05) is 13.1 Å². The third kappa shape index (κ3) is 3.50. The van der Waals surface area contributed by atoms with Crippen molar-refractivity contribution in [2.24, 2.45) is 17.8 Å². The van der Waals surface area contributed by atoms with Crippen LogP contribution in [0.3, 0.4) is 0 Å². The lowest BCUT2D eigenvalue weighted by atomic mass is 9.89. The molecule has 21 heavy (non-hydrogen) atoms. The van der Waals surface area contributed by atoms with Gasteiger partial charge in [0.25, 0.3) is 0 Å². The fourth-order valence-electron chi connectivity index (χ4n) is 3.76. The summed E-state index contributed by atoms with van der Waals surface area (Å²) in [5, 5.41) is 3.22. The molecule has 0 amide bonds. The number of hydrogen-bond donors (Lipinski definition) is 2. The maximum absolute atomic E-state index is 12.4. The Morgan fingerprint density at radius 3 is 2.81 bits per heavy atom. The third-order valence-corrected chi connectivity index (χ3v) is 7.87. The summed E-state index contributed by atoms with van der Waals surface area (Å²) in [6.45, 7) is 4.29. The first-order valence-electron chi connectivity index (χ1n) is 7.87. The lowest BCUT2D eigenvalue weighted by molar-refractivity contribution is 0.333. The molecule has 0 aromatic carbocycles. The van der Waals surface area contributed by atoms with Crippen molar-refractivity contribution in [1.82, 2.24) is 10.0 Å². The average molecular weight is 329 g/mol. The second-order valence-electron chi connectivity index (χ2n) is 6.29. The van der Waals surface area contributed by atoms with Gasteiger partial charge in [0.2, 0.25) is 10.0 Å². The highest BCUT2D eigenvalue weighted by Gasteiger charge is 2.39. The van der Waals surface area contributed by atoms with Gasteiger partial charge in [-0.1, -0.05) is 13.3 Å². The minimum Gasteiger partial charge on any atom is -0.312 e. The van der Waals surface area contributed by atoms with E-state index >= 15 is 0 Å². The fraction of sp³-hybridized carbons (Fsp3) is 0.733. The van der Waals surface area contributed by atoms with Crippen molar-refractivity contribution in [3.63, 3.8) is 0 Å². The van der Waals surface area contributed by atoms with Crippen LogP contribution in [-0.4, -0.2) is 21.5 Å². The molecule has 2 fully saturated rings. The molecule has 3 atom stereocenters. The minimum atomic E-state index is -3.33. The van der Waals surface area contributed by atoms with Gasteiger partial charge < -0.3 is 5.32 Å². The van der Waals surface area contributed by atoms with Gasteiger partial charge in [0, 0.05) is 18.0 Å². The zero-order chi connectivity index (χ0) is 14.9. The quantitative estimate of drug-likeness (QED) is 0.809. The summed E-state index contributed by atoms with van der Waals surface area (Å²) >= 11 is 1.36. The van der Waals surface area contributed by atoms with Crippen LogP contribution in [0.25, 0.3) is 0 Å². The summed E-state index contributed by atoms with van der Waals surface area (Å²) in [5.41, 5.74) is 0. The first-order chi connectivity index (χ1) is 10.1. The summed E-state index contributed by atoms with van der Waals surface area (Å²) in [7, 11) is -3.33. The van der Waals surface area contributed by atoms with Gasteiger partial charge in [-0.15, -0.1) is 11.3 Å². The van der Waals surface area contributed by atoms with Crippen LogP contribution in [0.4, 0.5) is 0 Å². The fourth-order valence-corrected chi connectivity index (χ4v) is 6.22. The van der Waals surface area contributed by atoms with Crippen LogP contribution in [0.1, 0.15) is 37.5 Å². The van der Waals surface area contributed by atoms with Crippen LogP contribution in [0.15, 0.2) is 16.3 Å². The zero-order valence-electron chi connectivity index (χ0n) is 12.5. The van der Waals surface area contributed by atoms with E-state index in [1.54, 1.807) is 6.07 Å². The number of fused-ring (bicyclic) bond motifs is 2. The smallest absolute Gasteiger partial charge is 0.250 e. The van der Waals surface area contributed by atoms with Gasteiger partial charge in [-0.05, 0) is 55.7 Å². The molecule has 3 rings (SSSR count). The lowest BCUT2D eigenvalue weighted by Crippen LogP contribution is -2.31. The predicted molar refractivity (Wildman–Crippen MR) is 85.8 cm³/mol. The van der Waals surface area contributed by atoms with Crippen LogP contribution >= 0.6 is 11.3 Å². The number of thiophene rings is 1. The molecular weight excluding hydrogens is 304 g/mol. The highest BCUT2D eigenvalue weighted by molar-refractivity contribution is 7.91. The molecule has 0 radical (unpaired) electrons. The Bertz CT molecular complexity index is 582. The molecule has 2 aliphatic rings. The van der Waals surface area contributed by atoms with E-state index in [4.69, 9.17) is 0 Å². The van der Waals surface area contributed by atoms with Crippen molar-refractivity contribution in [2.45, 2.75) is 43.4 Å². The maximum atomic E-state index is 12.4. The summed E-state index contributed by atoms with van der Waals surface area (Å²) in [6, 6.07) is 3.62. The van der Waals surface area contributed by atoms with Crippen molar-refractivity contribution in [3.05, 3.63) is 17.0 Å². The summed E-state index contributed by atoms with van der Waals surface area (Å²) in [5.74, 6) is 2.17. The van der Waals surface area contributed by atoms with E-state index in [1.807, 2.05) is 13.0 Å². The van der Waals surface area contributed by atoms with Crippen LogP contribution in [0.5, 0.6) is 0 Å². The van der Waals surface area contributed by atoms with Gasteiger partial charge >= 0.3 is 0 Å². The molecule has 0 aliphatic heterocycles. The van der Waals surface area contributed by atoms with Gasteiger partial charge in [0.1, 0.15) is 4.21 Å². The largest absolute Gasteiger partial charge is 0.312 e. The molecule has 6 heteroatoms. The normalized spacial score (nSPS) is 28.3. The Kier molecular flexibility index (Phi) is 4.69. The Hall–Kier alpha value is -0.430. The van der Waals surface area contributed by atoms with E-state index in [1.165, 1.54) is 37.0 Å². The standard InChI is InChI=1S/C15H24N2O2S2/c1-2-16-10-14-5-6-15(20-14)21(18,19)17-9-13-8-11-3-4-12(13)7-11/h5-6,11-13,16-17H,2-4,7-10H2,1H3. The highest BCUT2D eigenvalue weighted by Crippen LogP contribution is 2.48. The molecule has 2 saturated carbocycles. The molecule has 1 aromatic rings. The van der Waals surface area contributed by atoms with Crippen molar-refractivity contribution >= 4 is 21.4 Å². The molecule has 1 aromatic heterocycles. The van der Waals surface area contributed by atoms with Gasteiger partial charge in [0.05, 0.1) is 0 Å². The second-order valence-corrected chi connectivity index (χ2v) is 9.45. The van der Waals surface area contributed by atoms with Gasteiger partial charge in [-0.3, -0.25) is 0 Å². The van der Waals surface area contributed by atoms with E-state index in [9.17, 15) is 8.42 Å². The summed E-state index contributed by atoms with van der Waals surface area (Å²) < 4.78 is 28.0. The zero-order valence-corrected chi connectivity index (χ0v) is 14.1. The average Bonchev–Trinajstić information content (AvgIpc) is 3.18. The van der Waals surface area contributed by atoms with Gasteiger partial charge in [-0.25, -0.2) is 13.1 Å². The van der Waals surface area contributed by atoms with Crippen LogP contribution < -0.4 is 10.0 Å². The van der Waals surface area contributed by atoms with Crippen molar-refractivity contribution in [1.29, 1.82) is 0 Å².